The molecule has 0 amide bonds. The predicted molar refractivity (Wildman–Crippen MR) is 72.3 cm³/mol. The van der Waals surface area contributed by atoms with Gasteiger partial charge in [-0.05, 0) is 53.7 Å². The maximum Gasteiger partial charge on any atom is 0.164 e. The van der Waals surface area contributed by atoms with Gasteiger partial charge < -0.3 is 5.73 Å². The minimum Gasteiger partial charge on any atom is -0.383 e. The second-order valence-electron chi connectivity index (χ2n) is 5.07. The van der Waals surface area contributed by atoms with Crippen LogP contribution in [0, 0.1) is 15.5 Å². The van der Waals surface area contributed by atoms with Crippen LogP contribution < -0.4 is 5.73 Å². The minimum atomic E-state index is 0.513. The van der Waals surface area contributed by atoms with Gasteiger partial charge in [-0.15, -0.1) is 0 Å². The third kappa shape index (κ3) is 1.39. The predicted octanol–water partition coefficient (Wildman–Crippen LogP) is 1.98. The van der Waals surface area contributed by atoms with Crippen molar-refractivity contribution < 1.29 is 0 Å². The van der Waals surface area contributed by atoms with Gasteiger partial charge in [0.25, 0.3) is 0 Å². The molecule has 0 radical (unpaired) electrons. The minimum absolute atomic E-state index is 0.513. The second-order valence-corrected chi connectivity index (χ2v) is 6.10. The van der Waals surface area contributed by atoms with Gasteiger partial charge in [-0.2, -0.15) is 5.10 Å². The molecule has 2 fully saturated rings. The average molecular weight is 341 g/mol. The molecule has 2 aromatic heterocycles. The van der Waals surface area contributed by atoms with Crippen LogP contribution in [0.3, 0.4) is 0 Å². The molecule has 2 aliphatic carbocycles. The molecule has 2 saturated carbocycles. The Bertz CT molecular complexity index is 597. The largest absolute Gasteiger partial charge is 0.383 e. The molecule has 0 bridgehead atoms. The van der Waals surface area contributed by atoms with Crippen LogP contribution in [0.15, 0.2) is 6.33 Å². The number of aromatic nitrogens is 4. The Morgan fingerprint density at radius 1 is 1.24 bits per heavy atom. The van der Waals surface area contributed by atoms with E-state index in [1.807, 2.05) is 0 Å². The summed E-state index contributed by atoms with van der Waals surface area (Å²) < 4.78 is 2.98. The van der Waals surface area contributed by atoms with Gasteiger partial charge in [-0.1, -0.05) is 0 Å². The van der Waals surface area contributed by atoms with Crippen LogP contribution in [-0.2, 0) is 0 Å². The van der Waals surface area contributed by atoms with Crippen molar-refractivity contribution in [1.29, 1.82) is 0 Å². The van der Waals surface area contributed by atoms with E-state index in [4.69, 9.17) is 5.73 Å². The number of hydrogen-bond acceptors (Lipinski definition) is 4. The fraction of sp³-hybridized carbons (Fsp3) is 0.545. The number of nitrogen functional groups attached to an aromatic ring is 1. The van der Waals surface area contributed by atoms with Crippen molar-refractivity contribution in [3.05, 3.63) is 10.0 Å². The fourth-order valence-electron chi connectivity index (χ4n) is 3.09. The SMILES string of the molecule is Nc1ncnc2c1c(I)nn2C1CC2CC2C1. The Balaban J connectivity index is 1.87. The number of nitrogens with two attached hydrogens (primary N) is 1. The molecule has 88 valence electrons. The van der Waals surface area contributed by atoms with E-state index < -0.39 is 0 Å². The summed E-state index contributed by atoms with van der Waals surface area (Å²) in [5, 5.41) is 5.52. The number of nitrogens with zero attached hydrogens (tertiary/aromatic N) is 4. The quantitative estimate of drug-likeness (QED) is 0.806. The highest BCUT2D eigenvalue weighted by atomic mass is 127. The molecule has 2 aliphatic rings. The summed E-state index contributed by atoms with van der Waals surface area (Å²) in [6.45, 7) is 0. The summed E-state index contributed by atoms with van der Waals surface area (Å²) in [6, 6.07) is 0.513. The van der Waals surface area contributed by atoms with Crippen LogP contribution in [0.2, 0.25) is 0 Å². The molecule has 0 saturated heterocycles. The Morgan fingerprint density at radius 2 is 2.00 bits per heavy atom. The van der Waals surface area contributed by atoms with Crippen molar-refractivity contribution in [1.82, 2.24) is 19.7 Å². The summed E-state index contributed by atoms with van der Waals surface area (Å²) in [4.78, 5) is 8.39. The molecule has 2 heterocycles. The first-order chi connectivity index (χ1) is 8.24. The second kappa shape index (κ2) is 3.30. The Hall–Kier alpha value is -0.920. The number of rotatable bonds is 1. The van der Waals surface area contributed by atoms with Crippen molar-refractivity contribution in [2.45, 2.75) is 25.3 Å². The molecule has 4 rings (SSSR count). The van der Waals surface area contributed by atoms with Gasteiger partial charge >= 0.3 is 0 Å². The first-order valence-electron chi connectivity index (χ1n) is 5.88. The zero-order valence-electron chi connectivity index (χ0n) is 9.17. The molecule has 5 nitrogen and oxygen atoms in total. The third-order valence-corrected chi connectivity index (χ3v) is 4.80. The molecule has 0 aromatic carbocycles. The average Bonchev–Trinajstić information content (AvgIpc) is 2.78. The fourth-order valence-corrected chi connectivity index (χ4v) is 3.84. The van der Waals surface area contributed by atoms with E-state index in [1.54, 1.807) is 0 Å². The molecule has 2 aromatic rings. The zero-order chi connectivity index (χ0) is 11.6. The van der Waals surface area contributed by atoms with Crippen LogP contribution in [0.1, 0.15) is 25.3 Å². The highest BCUT2D eigenvalue weighted by Crippen LogP contribution is 2.56. The molecule has 0 aliphatic heterocycles. The summed E-state index contributed by atoms with van der Waals surface area (Å²) in [7, 11) is 0. The monoisotopic (exact) mass is 341 g/mol. The van der Waals surface area contributed by atoms with E-state index in [0.717, 1.165) is 26.6 Å². The highest BCUT2D eigenvalue weighted by Gasteiger charge is 2.47. The summed E-state index contributed by atoms with van der Waals surface area (Å²) >= 11 is 2.22. The summed E-state index contributed by atoms with van der Waals surface area (Å²) in [5.41, 5.74) is 6.79. The molecule has 2 unspecified atom stereocenters. The Kier molecular flexibility index (Phi) is 1.95. The van der Waals surface area contributed by atoms with Crippen LogP contribution in [-0.4, -0.2) is 19.7 Å². The van der Waals surface area contributed by atoms with E-state index in [9.17, 15) is 0 Å². The lowest BCUT2D eigenvalue weighted by Crippen LogP contribution is -2.09. The maximum atomic E-state index is 5.90. The van der Waals surface area contributed by atoms with Gasteiger partial charge in [0.2, 0.25) is 0 Å². The van der Waals surface area contributed by atoms with Crippen molar-refractivity contribution >= 4 is 39.4 Å². The number of halogens is 1. The first-order valence-corrected chi connectivity index (χ1v) is 6.96. The van der Waals surface area contributed by atoms with Crippen molar-refractivity contribution in [3.8, 4) is 0 Å². The van der Waals surface area contributed by atoms with Gasteiger partial charge in [0, 0.05) is 0 Å². The molecule has 0 spiro atoms. The van der Waals surface area contributed by atoms with Gasteiger partial charge in [-0.3, -0.25) is 0 Å². The molecule has 6 heteroatoms. The summed E-state index contributed by atoms with van der Waals surface area (Å²) in [5.74, 6) is 2.42. The normalized spacial score (nSPS) is 30.8. The van der Waals surface area contributed by atoms with E-state index in [0.29, 0.717) is 11.9 Å². The van der Waals surface area contributed by atoms with E-state index >= 15 is 0 Å². The topological polar surface area (TPSA) is 69.6 Å². The van der Waals surface area contributed by atoms with Gasteiger partial charge in [-0.25, -0.2) is 14.6 Å². The third-order valence-electron chi connectivity index (χ3n) is 4.04. The first kappa shape index (κ1) is 10.0. The molecule has 2 atom stereocenters. The van der Waals surface area contributed by atoms with Crippen LogP contribution in [0.4, 0.5) is 5.82 Å². The van der Waals surface area contributed by atoms with Gasteiger partial charge in [0.15, 0.2) is 5.65 Å². The number of fused-ring (bicyclic) bond motifs is 2. The van der Waals surface area contributed by atoms with Gasteiger partial charge in [0.05, 0.1) is 11.4 Å². The van der Waals surface area contributed by atoms with Crippen LogP contribution in [0.5, 0.6) is 0 Å². The lowest BCUT2D eigenvalue weighted by atomic mass is 10.2. The van der Waals surface area contributed by atoms with Gasteiger partial charge in [0.1, 0.15) is 15.8 Å². The zero-order valence-corrected chi connectivity index (χ0v) is 11.3. The maximum absolute atomic E-state index is 5.90. The van der Waals surface area contributed by atoms with E-state index in [-0.39, 0.29) is 0 Å². The molecule has 17 heavy (non-hydrogen) atoms. The number of anilines is 1. The molecule has 2 N–H and O–H groups in total. The van der Waals surface area contributed by atoms with Crippen molar-refractivity contribution in [3.63, 3.8) is 0 Å². The lowest BCUT2D eigenvalue weighted by Gasteiger charge is -2.12. The molecular weight excluding hydrogens is 329 g/mol. The Morgan fingerprint density at radius 3 is 2.76 bits per heavy atom. The van der Waals surface area contributed by atoms with E-state index in [2.05, 4.69) is 42.3 Å². The standard InChI is InChI=1S/C11H12IN5/c12-9-8-10(13)14-4-15-11(8)17(16-9)7-2-5-1-6(5)3-7/h4-7H,1-3H2,(H2,13,14,15). The Labute approximate surface area is 112 Å². The number of hydrogen-bond donors (Lipinski definition) is 1. The lowest BCUT2D eigenvalue weighted by molar-refractivity contribution is 0.434. The van der Waals surface area contributed by atoms with Crippen molar-refractivity contribution in [2.24, 2.45) is 11.8 Å². The van der Waals surface area contributed by atoms with E-state index in [1.165, 1.54) is 25.6 Å². The van der Waals surface area contributed by atoms with Crippen LogP contribution >= 0.6 is 22.6 Å². The smallest absolute Gasteiger partial charge is 0.164 e. The molecular formula is C11H12IN5. The highest BCUT2D eigenvalue weighted by molar-refractivity contribution is 14.1. The summed E-state index contributed by atoms with van der Waals surface area (Å²) in [6.07, 6.45) is 5.45. The van der Waals surface area contributed by atoms with Crippen LogP contribution in [0.25, 0.3) is 11.0 Å². The van der Waals surface area contributed by atoms with Crippen molar-refractivity contribution in [2.75, 3.05) is 5.73 Å².